The van der Waals surface area contributed by atoms with E-state index < -0.39 is 0 Å². The third kappa shape index (κ3) is 2.30. The molecule has 0 amide bonds. The summed E-state index contributed by atoms with van der Waals surface area (Å²) < 4.78 is 7.58. The van der Waals surface area contributed by atoms with Crippen LogP contribution in [0.2, 0.25) is 0 Å². The van der Waals surface area contributed by atoms with Gasteiger partial charge in [0, 0.05) is 0 Å². The number of aryl methyl sites for hydroxylation is 1. The molecule has 0 saturated carbocycles. The predicted octanol–water partition coefficient (Wildman–Crippen LogP) is 2.61. The van der Waals surface area contributed by atoms with Crippen LogP contribution in [-0.4, -0.2) is 36.0 Å². The number of imidazole rings is 1. The average molecular weight is 280 g/mol. The summed E-state index contributed by atoms with van der Waals surface area (Å²) in [4.78, 5) is 4.70. The summed E-state index contributed by atoms with van der Waals surface area (Å²) in [5.41, 5.74) is 3.34. The molecule has 1 aliphatic heterocycles. The predicted molar refractivity (Wildman–Crippen MR) is 77.5 cm³/mol. The summed E-state index contributed by atoms with van der Waals surface area (Å²) >= 11 is 6.30. The van der Waals surface area contributed by atoms with Crippen LogP contribution in [0.3, 0.4) is 0 Å². The van der Waals surface area contributed by atoms with Gasteiger partial charge in [0.15, 0.2) is 0 Å². The Balaban J connectivity index is 2.15. The van der Waals surface area contributed by atoms with Gasteiger partial charge in [0.05, 0.1) is 42.7 Å². The van der Waals surface area contributed by atoms with Gasteiger partial charge in [0.25, 0.3) is 0 Å². The molecule has 0 bridgehead atoms. The van der Waals surface area contributed by atoms with E-state index in [9.17, 15) is 0 Å². The first-order chi connectivity index (χ1) is 9.16. The molecule has 1 saturated heterocycles. The number of rotatable bonds is 2. The number of morpholine rings is 1. The highest BCUT2D eigenvalue weighted by Gasteiger charge is 2.21. The zero-order chi connectivity index (χ0) is 13.4. The van der Waals surface area contributed by atoms with Crippen molar-refractivity contribution in [2.24, 2.45) is 0 Å². The summed E-state index contributed by atoms with van der Waals surface area (Å²) in [6, 6.07) is 6.34. The Labute approximate surface area is 117 Å². The summed E-state index contributed by atoms with van der Waals surface area (Å²) in [6.45, 7) is 7.29. The maximum absolute atomic E-state index is 6.30. The van der Waals surface area contributed by atoms with Crippen LogP contribution in [-0.2, 0) is 4.74 Å². The Morgan fingerprint density at radius 1 is 1.32 bits per heavy atom. The van der Waals surface area contributed by atoms with Crippen molar-refractivity contribution in [2.45, 2.75) is 19.2 Å². The molecule has 3 rings (SSSR count). The van der Waals surface area contributed by atoms with Crippen LogP contribution in [0.4, 0.5) is 0 Å². The van der Waals surface area contributed by atoms with Crippen LogP contribution in [0.15, 0.2) is 18.2 Å². The highest BCUT2D eigenvalue weighted by molar-refractivity contribution is 6.20. The molecule has 1 fully saturated rings. The normalized spacial score (nSPS) is 17.9. The number of aromatic nitrogens is 2. The fraction of sp³-hybridized carbons (Fsp3) is 0.500. The molecule has 0 spiro atoms. The molecule has 102 valence electrons. The molecule has 5 heteroatoms. The van der Waals surface area contributed by atoms with Gasteiger partial charge in [-0.15, -0.1) is 11.6 Å². The number of benzene rings is 1. The number of hydrogen-bond acceptors (Lipinski definition) is 3. The third-order valence-electron chi connectivity index (χ3n) is 3.44. The Bertz CT molecular complexity index is 588. The quantitative estimate of drug-likeness (QED) is 0.792. The summed E-state index contributed by atoms with van der Waals surface area (Å²) in [5, 5.41) is 2.15. The molecule has 4 nitrogen and oxygen atoms in total. The van der Waals surface area contributed by atoms with Crippen LogP contribution in [0.1, 0.15) is 23.7 Å². The van der Waals surface area contributed by atoms with Crippen LogP contribution >= 0.6 is 11.6 Å². The van der Waals surface area contributed by atoms with Crippen molar-refractivity contribution in [2.75, 3.05) is 31.3 Å². The summed E-state index contributed by atoms with van der Waals surface area (Å²) in [5.74, 6) is 0.907. The van der Waals surface area contributed by atoms with Gasteiger partial charge in [-0.1, -0.05) is 6.07 Å². The van der Waals surface area contributed by atoms with Crippen molar-refractivity contribution >= 4 is 22.6 Å². The monoisotopic (exact) mass is 279 g/mol. The van der Waals surface area contributed by atoms with Crippen molar-refractivity contribution in [3.63, 3.8) is 0 Å². The first kappa shape index (κ1) is 12.8. The maximum Gasteiger partial charge on any atom is 0.146 e. The molecule has 0 N–H and O–H groups in total. The van der Waals surface area contributed by atoms with Crippen molar-refractivity contribution in [3.05, 3.63) is 29.6 Å². The Morgan fingerprint density at radius 2 is 2.05 bits per heavy atom. The van der Waals surface area contributed by atoms with Gasteiger partial charge >= 0.3 is 0 Å². The lowest BCUT2D eigenvalue weighted by molar-refractivity contribution is 0.111. The second-order valence-electron chi connectivity index (χ2n) is 4.96. The number of halogens is 1. The summed E-state index contributed by atoms with van der Waals surface area (Å²) in [6.07, 6.45) is 0. The molecule has 2 aromatic rings. The first-order valence-corrected chi connectivity index (χ1v) is 7.06. The lowest BCUT2D eigenvalue weighted by atomic mass is 10.2. The molecule has 0 radical (unpaired) electrons. The number of hydrogen-bond donors (Lipinski definition) is 0. The van der Waals surface area contributed by atoms with Crippen LogP contribution in [0.25, 0.3) is 11.0 Å². The van der Waals surface area contributed by atoms with Crippen LogP contribution in [0, 0.1) is 6.92 Å². The minimum absolute atomic E-state index is 0.115. The molecule has 1 aromatic carbocycles. The molecule has 1 aliphatic rings. The lowest BCUT2D eigenvalue weighted by Gasteiger charge is -2.31. The molecule has 1 aromatic heterocycles. The van der Waals surface area contributed by atoms with Gasteiger partial charge in [0.2, 0.25) is 0 Å². The van der Waals surface area contributed by atoms with Gasteiger partial charge in [0.1, 0.15) is 5.82 Å². The molecule has 1 unspecified atom stereocenters. The SMILES string of the molecule is Cc1ccc2c(c1)nc(C(C)Cl)n2N1CCOCC1. The van der Waals surface area contributed by atoms with Gasteiger partial charge in [-0.05, 0) is 31.5 Å². The number of nitrogens with zero attached hydrogens (tertiary/aromatic N) is 3. The van der Waals surface area contributed by atoms with Gasteiger partial charge in [-0.25, -0.2) is 9.66 Å². The fourth-order valence-corrected chi connectivity index (χ4v) is 2.65. The van der Waals surface area contributed by atoms with E-state index in [2.05, 4.69) is 34.8 Å². The van der Waals surface area contributed by atoms with Crippen molar-refractivity contribution in [1.82, 2.24) is 9.66 Å². The highest BCUT2D eigenvalue weighted by atomic mass is 35.5. The van der Waals surface area contributed by atoms with Crippen molar-refractivity contribution in [1.29, 1.82) is 0 Å². The van der Waals surface area contributed by atoms with E-state index in [1.807, 2.05) is 6.92 Å². The van der Waals surface area contributed by atoms with E-state index in [-0.39, 0.29) is 5.38 Å². The van der Waals surface area contributed by atoms with Gasteiger partial charge < -0.3 is 9.75 Å². The van der Waals surface area contributed by atoms with Crippen molar-refractivity contribution in [3.8, 4) is 0 Å². The summed E-state index contributed by atoms with van der Waals surface area (Å²) in [7, 11) is 0. The van der Waals surface area contributed by atoms with E-state index in [1.54, 1.807) is 0 Å². The second kappa shape index (κ2) is 5.02. The molecular weight excluding hydrogens is 262 g/mol. The number of ether oxygens (including phenoxy) is 1. The topological polar surface area (TPSA) is 30.3 Å². The maximum atomic E-state index is 6.30. The number of alkyl halides is 1. The molecule has 0 aliphatic carbocycles. The van der Waals surface area contributed by atoms with E-state index in [4.69, 9.17) is 21.3 Å². The first-order valence-electron chi connectivity index (χ1n) is 6.63. The molecule has 2 heterocycles. The van der Waals surface area contributed by atoms with Crippen molar-refractivity contribution < 1.29 is 4.74 Å². The molecular formula is C14H18ClN3O. The highest BCUT2D eigenvalue weighted by Crippen LogP contribution is 2.25. The van der Waals surface area contributed by atoms with E-state index in [0.717, 1.165) is 43.2 Å². The third-order valence-corrected chi connectivity index (χ3v) is 3.63. The minimum Gasteiger partial charge on any atom is -0.378 e. The smallest absolute Gasteiger partial charge is 0.146 e. The van der Waals surface area contributed by atoms with Gasteiger partial charge in [-0.3, -0.25) is 0 Å². The van der Waals surface area contributed by atoms with Crippen LogP contribution in [0.5, 0.6) is 0 Å². The molecule has 1 atom stereocenters. The van der Waals surface area contributed by atoms with E-state index >= 15 is 0 Å². The standard InChI is InChI=1S/C14H18ClN3O/c1-10-3-4-13-12(9-10)16-14(11(2)15)18(13)17-5-7-19-8-6-17/h3-4,9,11H,5-8H2,1-2H3. The Kier molecular flexibility index (Phi) is 3.37. The fourth-order valence-electron chi connectivity index (χ4n) is 2.50. The Morgan fingerprint density at radius 3 is 2.74 bits per heavy atom. The lowest BCUT2D eigenvalue weighted by Crippen LogP contribution is -2.44. The zero-order valence-corrected chi connectivity index (χ0v) is 12.0. The minimum atomic E-state index is -0.115. The number of fused-ring (bicyclic) bond motifs is 1. The zero-order valence-electron chi connectivity index (χ0n) is 11.3. The average Bonchev–Trinajstić information content (AvgIpc) is 2.78. The van der Waals surface area contributed by atoms with Gasteiger partial charge in [-0.2, -0.15) is 0 Å². The van der Waals surface area contributed by atoms with E-state index in [1.165, 1.54) is 5.56 Å². The Hall–Kier alpha value is -1.26. The van der Waals surface area contributed by atoms with Crippen LogP contribution < -0.4 is 5.01 Å². The second-order valence-corrected chi connectivity index (χ2v) is 5.61. The largest absolute Gasteiger partial charge is 0.378 e. The molecule has 19 heavy (non-hydrogen) atoms. The van der Waals surface area contributed by atoms with E-state index in [0.29, 0.717) is 0 Å².